The Balaban J connectivity index is 1.41. The lowest BCUT2D eigenvalue weighted by molar-refractivity contribution is -0.133. The van der Waals surface area contributed by atoms with Crippen molar-refractivity contribution in [3.8, 4) is 17.2 Å². The summed E-state index contributed by atoms with van der Waals surface area (Å²) in [7, 11) is 0. The molecule has 0 atom stereocenters. The number of esters is 1. The van der Waals surface area contributed by atoms with Gasteiger partial charge in [-0.1, -0.05) is 46.3 Å². The molecule has 6 nitrogen and oxygen atoms in total. The van der Waals surface area contributed by atoms with Crippen molar-refractivity contribution in [3.63, 3.8) is 0 Å². The number of carbonyl (C=O) groups excluding carboxylic acids is 2. The molecule has 0 N–H and O–H groups in total. The van der Waals surface area contributed by atoms with Gasteiger partial charge in [0, 0.05) is 21.2 Å². The zero-order chi connectivity index (χ0) is 22.9. The maximum atomic E-state index is 13.0. The normalized spacial score (nSPS) is 15.5. The summed E-state index contributed by atoms with van der Waals surface area (Å²) in [6.07, 6.45) is 1.82. The minimum atomic E-state index is -0.385. The highest BCUT2D eigenvalue weighted by Gasteiger charge is 2.31. The molecule has 0 spiro atoms. The molecule has 7 heteroatoms. The fourth-order valence-electron chi connectivity index (χ4n) is 3.86. The molecule has 0 saturated carbocycles. The second-order valence-corrected chi connectivity index (χ2v) is 8.65. The molecule has 0 fully saturated rings. The van der Waals surface area contributed by atoms with Crippen molar-refractivity contribution in [1.82, 2.24) is 0 Å². The highest BCUT2D eigenvalue weighted by molar-refractivity contribution is 9.10. The number of halogens is 1. The summed E-state index contributed by atoms with van der Waals surface area (Å²) in [5.74, 6) is 0.974. The van der Waals surface area contributed by atoms with E-state index in [9.17, 15) is 9.59 Å². The molecule has 0 radical (unpaired) electrons. The number of ether oxygens (including phenoxy) is 4. The molecular formula is C26H19BrO6. The number of allylic oxidation sites excluding steroid dienone is 1. The van der Waals surface area contributed by atoms with Crippen LogP contribution in [-0.4, -0.2) is 18.5 Å². The van der Waals surface area contributed by atoms with Gasteiger partial charge in [-0.25, -0.2) is 0 Å². The maximum absolute atomic E-state index is 13.0. The second kappa shape index (κ2) is 8.84. The lowest BCUT2D eigenvalue weighted by Gasteiger charge is -2.20. The van der Waals surface area contributed by atoms with Crippen molar-refractivity contribution in [3.05, 3.63) is 92.6 Å². The maximum Gasteiger partial charge on any atom is 0.315 e. The highest BCUT2D eigenvalue weighted by atomic mass is 79.9. The lowest BCUT2D eigenvalue weighted by Crippen LogP contribution is -2.12. The summed E-state index contributed by atoms with van der Waals surface area (Å²) in [5.41, 5.74) is 3.48. The van der Waals surface area contributed by atoms with Gasteiger partial charge in [0.25, 0.3) is 0 Å². The van der Waals surface area contributed by atoms with Gasteiger partial charge in [-0.3, -0.25) is 9.59 Å². The van der Waals surface area contributed by atoms with Gasteiger partial charge in [-0.15, -0.1) is 0 Å². The van der Waals surface area contributed by atoms with Crippen LogP contribution in [0.25, 0.3) is 6.08 Å². The number of hydrogen-bond donors (Lipinski definition) is 0. The predicted octanol–water partition coefficient (Wildman–Crippen LogP) is 5.39. The van der Waals surface area contributed by atoms with E-state index in [0.717, 1.165) is 15.6 Å². The fourth-order valence-corrected chi connectivity index (χ4v) is 4.38. The Morgan fingerprint density at radius 3 is 2.76 bits per heavy atom. The smallest absolute Gasteiger partial charge is 0.315 e. The molecule has 2 heterocycles. The standard InChI is InChI=1S/C26H19BrO6/c1-15-21(32-23(28)9-16-5-3-2-4-6-16)8-7-20-24(29)22(33-25(15)20)12-17-10-19(27)11-18-13-30-14-31-26(17)18/h2-8,10-12H,9,13-14H2,1H3/b22-12-. The molecule has 2 aliphatic heterocycles. The summed E-state index contributed by atoms with van der Waals surface area (Å²) >= 11 is 3.49. The number of Topliss-reactive ketones (excluding diaryl/α,β-unsaturated/α-hetero) is 1. The van der Waals surface area contributed by atoms with Gasteiger partial charge in [-0.2, -0.15) is 0 Å². The molecule has 3 aromatic rings. The molecule has 3 aromatic carbocycles. The van der Waals surface area contributed by atoms with Gasteiger partial charge in [0.1, 0.15) is 17.2 Å². The van der Waals surface area contributed by atoms with Gasteiger partial charge in [0.15, 0.2) is 12.6 Å². The van der Waals surface area contributed by atoms with Gasteiger partial charge in [0.2, 0.25) is 5.78 Å². The Hall–Kier alpha value is -3.42. The van der Waals surface area contributed by atoms with Crippen LogP contribution in [0.1, 0.15) is 32.6 Å². The molecule has 0 saturated heterocycles. The molecule has 0 amide bonds. The zero-order valence-electron chi connectivity index (χ0n) is 17.7. The molecular weight excluding hydrogens is 488 g/mol. The topological polar surface area (TPSA) is 71.1 Å². The van der Waals surface area contributed by atoms with Crippen molar-refractivity contribution in [2.24, 2.45) is 0 Å². The van der Waals surface area contributed by atoms with Crippen LogP contribution in [-0.2, 0) is 22.6 Å². The summed E-state index contributed by atoms with van der Waals surface area (Å²) < 4.78 is 23.3. The minimum absolute atomic E-state index is 0.149. The van der Waals surface area contributed by atoms with Crippen LogP contribution < -0.4 is 14.2 Å². The van der Waals surface area contributed by atoms with Gasteiger partial charge < -0.3 is 18.9 Å². The van der Waals surface area contributed by atoms with Crippen molar-refractivity contribution in [2.75, 3.05) is 6.79 Å². The third-order valence-electron chi connectivity index (χ3n) is 5.44. The molecule has 166 valence electrons. The Labute approximate surface area is 198 Å². The summed E-state index contributed by atoms with van der Waals surface area (Å²) in [4.78, 5) is 25.4. The zero-order valence-corrected chi connectivity index (χ0v) is 19.3. The SMILES string of the molecule is Cc1c(OC(=O)Cc2ccccc2)ccc2c1O/C(=C\c1cc(Br)cc3c1OCOC3)C2=O. The van der Waals surface area contributed by atoms with Crippen molar-refractivity contribution < 1.29 is 28.5 Å². The predicted molar refractivity (Wildman–Crippen MR) is 124 cm³/mol. The summed E-state index contributed by atoms with van der Waals surface area (Å²) in [6, 6.07) is 16.4. The molecule has 0 aliphatic carbocycles. The fraction of sp³-hybridized carbons (Fsp3) is 0.154. The first-order valence-electron chi connectivity index (χ1n) is 10.3. The van der Waals surface area contributed by atoms with E-state index in [1.54, 1.807) is 25.1 Å². The first kappa shape index (κ1) is 21.4. The Morgan fingerprint density at radius 1 is 1.12 bits per heavy atom. The molecule has 2 aliphatic rings. The lowest BCUT2D eigenvalue weighted by atomic mass is 10.0. The number of carbonyl (C=O) groups is 2. The van der Waals surface area contributed by atoms with E-state index < -0.39 is 0 Å². The average Bonchev–Trinajstić information content (AvgIpc) is 3.12. The van der Waals surface area contributed by atoms with Crippen molar-refractivity contribution >= 4 is 33.8 Å². The van der Waals surface area contributed by atoms with Gasteiger partial charge >= 0.3 is 5.97 Å². The Bertz CT molecular complexity index is 1300. The van der Waals surface area contributed by atoms with Crippen molar-refractivity contribution in [2.45, 2.75) is 20.0 Å². The van der Waals surface area contributed by atoms with E-state index in [1.807, 2.05) is 42.5 Å². The van der Waals surface area contributed by atoms with Gasteiger partial charge in [0.05, 0.1) is 18.6 Å². The second-order valence-electron chi connectivity index (χ2n) is 7.74. The summed E-state index contributed by atoms with van der Waals surface area (Å²) in [5, 5.41) is 0. The van der Waals surface area contributed by atoms with E-state index in [4.69, 9.17) is 18.9 Å². The molecule has 0 bridgehead atoms. The van der Waals surface area contributed by atoms with Crippen LogP contribution in [0.4, 0.5) is 0 Å². The van der Waals surface area contributed by atoms with Crippen LogP contribution in [0.3, 0.4) is 0 Å². The van der Waals surface area contributed by atoms with Crippen molar-refractivity contribution in [1.29, 1.82) is 0 Å². The average molecular weight is 507 g/mol. The van der Waals surface area contributed by atoms with Crippen LogP contribution in [0, 0.1) is 6.92 Å². The van der Waals surface area contributed by atoms with Gasteiger partial charge in [-0.05, 0) is 42.8 Å². The monoisotopic (exact) mass is 506 g/mol. The number of fused-ring (bicyclic) bond motifs is 2. The van der Waals surface area contributed by atoms with Crippen LogP contribution in [0.15, 0.2) is 64.8 Å². The quantitative estimate of drug-likeness (QED) is 0.268. The Kier molecular flexibility index (Phi) is 5.74. The number of rotatable bonds is 4. The van der Waals surface area contributed by atoms with Crippen LogP contribution in [0.2, 0.25) is 0 Å². The third kappa shape index (κ3) is 4.29. The van der Waals surface area contributed by atoms with E-state index in [1.165, 1.54) is 0 Å². The Morgan fingerprint density at radius 2 is 1.94 bits per heavy atom. The minimum Gasteiger partial charge on any atom is -0.467 e. The third-order valence-corrected chi connectivity index (χ3v) is 5.90. The van der Waals surface area contributed by atoms with Crippen LogP contribution >= 0.6 is 15.9 Å². The number of ketones is 1. The largest absolute Gasteiger partial charge is 0.467 e. The molecule has 0 aromatic heterocycles. The van der Waals surface area contributed by atoms with Crippen LogP contribution in [0.5, 0.6) is 17.2 Å². The number of benzene rings is 3. The first-order valence-corrected chi connectivity index (χ1v) is 11.1. The van der Waals surface area contributed by atoms with E-state index in [2.05, 4.69) is 15.9 Å². The molecule has 33 heavy (non-hydrogen) atoms. The van der Waals surface area contributed by atoms with E-state index in [0.29, 0.717) is 40.5 Å². The van der Waals surface area contributed by atoms with E-state index in [-0.39, 0.29) is 30.7 Å². The molecule has 5 rings (SSSR count). The first-order chi connectivity index (χ1) is 16.0. The van der Waals surface area contributed by atoms with E-state index >= 15 is 0 Å². The molecule has 0 unspecified atom stereocenters. The highest BCUT2D eigenvalue weighted by Crippen LogP contribution is 2.41. The summed E-state index contributed by atoms with van der Waals surface area (Å²) in [6.45, 7) is 2.34. The number of hydrogen-bond acceptors (Lipinski definition) is 6.